The van der Waals surface area contributed by atoms with E-state index in [-0.39, 0.29) is 23.3 Å². The van der Waals surface area contributed by atoms with Crippen molar-refractivity contribution in [3.8, 4) is 0 Å². The number of nitrogens with zero attached hydrogens (tertiary/aromatic N) is 1. The second-order valence-corrected chi connectivity index (χ2v) is 4.79. The Morgan fingerprint density at radius 2 is 1.94 bits per heavy atom. The molecule has 0 saturated carbocycles. The summed E-state index contributed by atoms with van der Waals surface area (Å²) in [6.07, 6.45) is 0. The molecule has 2 N–H and O–H groups in total. The highest BCUT2D eigenvalue weighted by Gasteiger charge is 2.35. The Balaban J connectivity index is 2.44. The van der Waals surface area contributed by atoms with Crippen LogP contribution in [0.3, 0.4) is 0 Å². The fourth-order valence-corrected chi connectivity index (χ4v) is 2.05. The fraction of sp³-hybridized carbons (Fsp3) is 0.100. The number of hydrogen-bond acceptors (Lipinski definition) is 3. The summed E-state index contributed by atoms with van der Waals surface area (Å²) in [5.74, 6) is -0.700. The molecule has 2 rings (SSSR count). The molecule has 16 heavy (non-hydrogen) atoms. The first-order valence-corrected chi connectivity index (χ1v) is 5.65. The van der Waals surface area contributed by atoms with Gasteiger partial charge in [-0.1, -0.05) is 28.1 Å². The Morgan fingerprint density at radius 3 is 2.56 bits per heavy atom. The van der Waals surface area contributed by atoms with Gasteiger partial charge < -0.3 is 5.73 Å². The molecule has 0 fully saturated rings. The molecule has 2 amide bonds. The first kappa shape index (κ1) is 11.2. The number of carbonyl (C=O) groups excluding carboxylic acids is 2. The third-order valence-corrected chi connectivity index (χ3v) is 2.87. The molecule has 0 saturated heterocycles. The zero-order valence-electron chi connectivity index (χ0n) is 8.07. The van der Waals surface area contributed by atoms with Crippen LogP contribution >= 0.6 is 28.1 Å². The number of imide groups is 1. The highest BCUT2D eigenvalue weighted by atomic mass is 79.9. The third-order valence-electron chi connectivity index (χ3n) is 2.25. The highest BCUT2D eigenvalue weighted by molar-refractivity contribution is 9.10. The lowest BCUT2D eigenvalue weighted by Crippen LogP contribution is -2.36. The molecule has 1 heterocycles. The Kier molecular flexibility index (Phi) is 2.77. The first-order chi connectivity index (χ1) is 7.50. The molecule has 1 aromatic carbocycles. The monoisotopic (exact) mass is 298 g/mol. The molecular formula is C10H7BrN2O2S. The standard InChI is InChI=1S/C10H7BrN2O2S/c11-5-1-2-6-7(3-5)10(15)13(9(6)14)4-8(12)16/h1-3H,4H2,(H2,12,16). The largest absolute Gasteiger partial charge is 0.392 e. The Labute approximate surface area is 106 Å². The minimum Gasteiger partial charge on any atom is -0.392 e. The van der Waals surface area contributed by atoms with E-state index in [1.807, 2.05) is 0 Å². The van der Waals surface area contributed by atoms with Crippen molar-refractivity contribution in [2.45, 2.75) is 0 Å². The molecule has 82 valence electrons. The van der Waals surface area contributed by atoms with Gasteiger partial charge in [0.2, 0.25) is 0 Å². The van der Waals surface area contributed by atoms with Crippen molar-refractivity contribution in [2.75, 3.05) is 6.54 Å². The Bertz CT molecular complexity index is 516. The maximum Gasteiger partial charge on any atom is 0.261 e. The number of carbonyl (C=O) groups is 2. The van der Waals surface area contributed by atoms with Gasteiger partial charge in [0.05, 0.1) is 22.7 Å². The molecule has 0 unspecified atom stereocenters. The maximum atomic E-state index is 11.9. The fourth-order valence-electron chi connectivity index (χ4n) is 1.56. The van der Waals surface area contributed by atoms with E-state index in [4.69, 9.17) is 18.0 Å². The zero-order chi connectivity index (χ0) is 11.9. The lowest BCUT2D eigenvalue weighted by Gasteiger charge is -2.11. The second-order valence-electron chi connectivity index (χ2n) is 3.35. The lowest BCUT2D eigenvalue weighted by molar-refractivity contribution is 0.0678. The molecule has 0 bridgehead atoms. The van der Waals surface area contributed by atoms with Gasteiger partial charge in [-0.3, -0.25) is 14.5 Å². The number of hydrogen-bond donors (Lipinski definition) is 1. The van der Waals surface area contributed by atoms with Crippen LogP contribution in [0, 0.1) is 0 Å². The quantitative estimate of drug-likeness (QED) is 0.661. The summed E-state index contributed by atoms with van der Waals surface area (Å²) in [6, 6.07) is 4.95. The zero-order valence-corrected chi connectivity index (χ0v) is 10.5. The topological polar surface area (TPSA) is 63.4 Å². The van der Waals surface area contributed by atoms with Crippen LogP contribution in [0.15, 0.2) is 22.7 Å². The average molecular weight is 299 g/mol. The number of fused-ring (bicyclic) bond motifs is 1. The summed E-state index contributed by atoms with van der Waals surface area (Å²) < 4.78 is 0.754. The van der Waals surface area contributed by atoms with Crippen molar-refractivity contribution in [2.24, 2.45) is 5.73 Å². The average Bonchev–Trinajstić information content (AvgIpc) is 2.43. The first-order valence-electron chi connectivity index (χ1n) is 4.45. The van der Waals surface area contributed by atoms with Crippen molar-refractivity contribution in [1.82, 2.24) is 4.90 Å². The molecule has 1 aliphatic heterocycles. The van der Waals surface area contributed by atoms with Gasteiger partial charge >= 0.3 is 0 Å². The summed E-state index contributed by atoms with van der Waals surface area (Å²) >= 11 is 7.95. The van der Waals surface area contributed by atoms with E-state index in [1.54, 1.807) is 18.2 Å². The summed E-state index contributed by atoms with van der Waals surface area (Å²) in [4.78, 5) is 24.9. The summed E-state index contributed by atoms with van der Waals surface area (Å²) in [5.41, 5.74) is 6.12. The molecule has 0 spiro atoms. The molecule has 1 aromatic rings. The smallest absolute Gasteiger partial charge is 0.261 e. The van der Waals surface area contributed by atoms with Crippen LogP contribution in [0.25, 0.3) is 0 Å². The molecule has 1 aliphatic rings. The van der Waals surface area contributed by atoms with Crippen molar-refractivity contribution >= 4 is 45.0 Å². The lowest BCUT2D eigenvalue weighted by atomic mass is 10.1. The van der Waals surface area contributed by atoms with Gasteiger partial charge in [0.15, 0.2) is 0 Å². The van der Waals surface area contributed by atoms with E-state index < -0.39 is 0 Å². The number of halogens is 1. The number of nitrogens with two attached hydrogens (primary N) is 1. The van der Waals surface area contributed by atoms with Crippen molar-refractivity contribution < 1.29 is 9.59 Å². The predicted octanol–water partition coefficient (Wildman–Crippen LogP) is 1.33. The van der Waals surface area contributed by atoms with Gasteiger partial charge in [0.25, 0.3) is 11.8 Å². The van der Waals surface area contributed by atoms with Crippen molar-refractivity contribution in [1.29, 1.82) is 0 Å². The molecule has 0 aliphatic carbocycles. The predicted molar refractivity (Wildman–Crippen MR) is 66.3 cm³/mol. The summed E-state index contributed by atoms with van der Waals surface area (Å²) in [5, 5.41) is 0. The van der Waals surface area contributed by atoms with E-state index in [2.05, 4.69) is 15.9 Å². The van der Waals surface area contributed by atoms with E-state index in [0.29, 0.717) is 11.1 Å². The number of thiocarbonyl (C=S) groups is 1. The van der Waals surface area contributed by atoms with Crippen LogP contribution in [0.5, 0.6) is 0 Å². The second kappa shape index (κ2) is 3.95. The van der Waals surface area contributed by atoms with Gasteiger partial charge in [0, 0.05) is 4.47 Å². The molecular weight excluding hydrogens is 292 g/mol. The minimum absolute atomic E-state index is 0.0146. The SMILES string of the molecule is NC(=S)CN1C(=O)c2ccc(Br)cc2C1=O. The van der Waals surface area contributed by atoms with Crippen LogP contribution in [0.4, 0.5) is 0 Å². The van der Waals surface area contributed by atoms with Crippen molar-refractivity contribution in [3.05, 3.63) is 33.8 Å². The normalized spacial score (nSPS) is 14.2. The van der Waals surface area contributed by atoms with Crippen LogP contribution in [-0.4, -0.2) is 28.2 Å². The summed E-state index contributed by atoms with van der Waals surface area (Å²) in [7, 11) is 0. The molecule has 0 aromatic heterocycles. The van der Waals surface area contributed by atoms with Crippen LogP contribution in [-0.2, 0) is 0 Å². The van der Waals surface area contributed by atoms with E-state index in [0.717, 1.165) is 9.37 Å². The van der Waals surface area contributed by atoms with E-state index >= 15 is 0 Å². The minimum atomic E-state index is -0.353. The van der Waals surface area contributed by atoms with Crippen LogP contribution in [0.1, 0.15) is 20.7 Å². The van der Waals surface area contributed by atoms with Crippen LogP contribution in [0.2, 0.25) is 0 Å². The van der Waals surface area contributed by atoms with Crippen LogP contribution < -0.4 is 5.73 Å². The van der Waals surface area contributed by atoms with E-state index in [1.165, 1.54) is 0 Å². The van der Waals surface area contributed by atoms with Gasteiger partial charge in [-0.2, -0.15) is 0 Å². The third kappa shape index (κ3) is 1.74. The molecule has 0 atom stereocenters. The highest BCUT2D eigenvalue weighted by Crippen LogP contribution is 2.25. The molecule has 0 radical (unpaired) electrons. The van der Waals surface area contributed by atoms with Gasteiger partial charge in [-0.25, -0.2) is 0 Å². The molecule has 6 heteroatoms. The Morgan fingerprint density at radius 1 is 1.31 bits per heavy atom. The van der Waals surface area contributed by atoms with Gasteiger partial charge in [0.1, 0.15) is 0 Å². The maximum absolute atomic E-state index is 11.9. The number of benzene rings is 1. The van der Waals surface area contributed by atoms with Gasteiger partial charge in [-0.15, -0.1) is 0 Å². The Hall–Kier alpha value is -1.27. The number of amides is 2. The van der Waals surface area contributed by atoms with E-state index in [9.17, 15) is 9.59 Å². The summed E-state index contributed by atoms with van der Waals surface area (Å²) in [6.45, 7) is -0.0146. The molecule has 4 nitrogen and oxygen atoms in total. The van der Waals surface area contributed by atoms with Gasteiger partial charge in [-0.05, 0) is 18.2 Å². The van der Waals surface area contributed by atoms with Crippen molar-refractivity contribution in [3.63, 3.8) is 0 Å². The number of rotatable bonds is 2.